The Morgan fingerprint density at radius 1 is 1.02 bits per heavy atom. The highest BCUT2D eigenvalue weighted by molar-refractivity contribution is 6.09. The highest BCUT2D eigenvalue weighted by Crippen LogP contribution is 2.37. The van der Waals surface area contributed by atoms with Crippen LogP contribution in [0.4, 0.5) is 23.2 Å². The fourth-order valence-corrected chi connectivity index (χ4v) is 6.05. The van der Waals surface area contributed by atoms with Crippen LogP contribution < -0.4 is 15.0 Å². The minimum atomic E-state index is -4.73. The fourth-order valence-electron chi connectivity index (χ4n) is 6.05. The molecular formula is C31H29F4N5O3. The summed E-state index contributed by atoms with van der Waals surface area (Å²) in [6.07, 6.45) is -0.0985. The summed E-state index contributed by atoms with van der Waals surface area (Å²) >= 11 is 0. The minimum Gasteiger partial charge on any atom is -0.497 e. The zero-order valence-corrected chi connectivity index (χ0v) is 23.3. The van der Waals surface area contributed by atoms with Crippen molar-refractivity contribution in [1.82, 2.24) is 19.9 Å². The number of halogens is 4. The van der Waals surface area contributed by atoms with Crippen molar-refractivity contribution in [3.05, 3.63) is 88.6 Å². The number of methoxy groups -OCH3 is 1. The lowest BCUT2D eigenvalue weighted by Crippen LogP contribution is -2.46. The summed E-state index contributed by atoms with van der Waals surface area (Å²) in [5, 5.41) is 7.14. The number of alkyl halides is 3. The number of ether oxygens (including phenoxy) is 1. The molecule has 4 aromatic rings. The number of rotatable bonds is 7. The Balaban J connectivity index is 1.50. The predicted octanol–water partition coefficient (Wildman–Crippen LogP) is 5.83. The van der Waals surface area contributed by atoms with Gasteiger partial charge < -0.3 is 10.1 Å². The summed E-state index contributed by atoms with van der Waals surface area (Å²) in [4.78, 5) is 33.8. The topological polar surface area (TPSA) is 88.8 Å². The lowest BCUT2D eigenvalue weighted by atomic mass is 10.0. The molecule has 1 saturated carbocycles. The smallest absolute Gasteiger partial charge is 0.433 e. The minimum absolute atomic E-state index is 0.0736. The number of carbonyl (C=O) groups is 2. The van der Waals surface area contributed by atoms with Crippen LogP contribution >= 0.6 is 0 Å². The van der Waals surface area contributed by atoms with Crippen LogP contribution in [0.5, 0.6) is 5.75 Å². The predicted molar refractivity (Wildman–Crippen MR) is 149 cm³/mol. The van der Waals surface area contributed by atoms with Gasteiger partial charge in [-0.25, -0.2) is 13.9 Å². The molecule has 6 rings (SSSR count). The van der Waals surface area contributed by atoms with Gasteiger partial charge in [-0.15, -0.1) is 0 Å². The highest BCUT2D eigenvalue weighted by atomic mass is 19.4. The van der Waals surface area contributed by atoms with Crippen molar-refractivity contribution >= 4 is 23.1 Å². The van der Waals surface area contributed by atoms with Gasteiger partial charge in [0.05, 0.1) is 7.11 Å². The number of fused-ring (bicyclic) bond motifs is 2. The van der Waals surface area contributed by atoms with E-state index in [2.05, 4.69) is 15.4 Å². The van der Waals surface area contributed by atoms with E-state index in [0.717, 1.165) is 42.7 Å². The molecule has 8 nitrogen and oxygen atoms in total. The molecule has 2 heterocycles. The average molecular weight is 596 g/mol. The first-order chi connectivity index (χ1) is 20.6. The Morgan fingerprint density at radius 2 is 1.72 bits per heavy atom. The van der Waals surface area contributed by atoms with E-state index in [1.54, 1.807) is 24.3 Å². The van der Waals surface area contributed by atoms with E-state index in [4.69, 9.17) is 4.74 Å². The number of aromatic nitrogens is 3. The second-order valence-electron chi connectivity index (χ2n) is 10.9. The zero-order chi connectivity index (χ0) is 30.3. The number of hydrogen-bond donors (Lipinski definition) is 1. The normalized spacial score (nSPS) is 15.8. The lowest BCUT2D eigenvalue weighted by molar-refractivity contribution is -0.143. The molecule has 0 radical (unpaired) electrons. The first-order valence-electron chi connectivity index (χ1n) is 14.2. The molecular weight excluding hydrogens is 566 g/mol. The molecule has 2 aromatic carbocycles. The molecule has 1 N–H and O–H groups in total. The van der Waals surface area contributed by atoms with Crippen molar-refractivity contribution in [2.75, 3.05) is 12.0 Å². The number of nitrogens with one attached hydrogen (secondary N) is 1. The summed E-state index contributed by atoms with van der Waals surface area (Å²) in [6.45, 7) is 0. The maximum Gasteiger partial charge on any atom is 0.433 e. The fraction of sp³-hybridized carbons (Fsp3) is 0.355. The van der Waals surface area contributed by atoms with Crippen molar-refractivity contribution in [2.24, 2.45) is 0 Å². The van der Waals surface area contributed by atoms with Crippen LogP contribution in [-0.2, 0) is 23.8 Å². The molecule has 1 unspecified atom stereocenters. The lowest BCUT2D eigenvalue weighted by Gasteiger charge is -2.32. The van der Waals surface area contributed by atoms with Gasteiger partial charge in [0.15, 0.2) is 17.0 Å². The van der Waals surface area contributed by atoms with E-state index in [9.17, 15) is 27.2 Å². The number of nitrogens with zero attached hydrogens (tertiary/aromatic N) is 4. The van der Waals surface area contributed by atoms with Crippen LogP contribution in [0.15, 0.2) is 54.6 Å². The molecule has 2 aliphatic carbocycles. The summed E-state index contributed by atoms with van der Waals surface area (Å²) < 4.78 is 62.7. The molecule has 0 saturated heterocycles. The van der Waals surface area contributed by atoms with Gasteiger partial charge in [0.2, 0.25) is 5.91 Å². The molecule has 0 aliphatic heterocycles. The Morgan fingerprint density at radius 3 is 2.37 bits per heavy atom. The summed E-state index contributed by atoms with van der Waals surface area (Å²) in [6, 6.07) is 11.4. The van der Waals surface area contributed by atoms with Gasteiger partial charge in [0.25, 0.3) is 5.91 Å². The molecule has 43 heavy (non-hydrogen) atoms. The van der Waals surface area contributed by atoms with Gasteiger partial charge in [0, 0.05) is 29.1 Å². The zero-order valence-electron chi connectivity index (χ0n) is 23.3. The number of amides is 2. The molecule has 0 bridgehead atoms. The monoisotopic (exact) mass is 595 g/mol. The Hall–Kier alpha value is -4.48. The SMILES string of the molecule is COc1ccc(C(C(=O)NC2CCCC2)N(C(=O)c2cc3nc4c(c(C(F)(F)F)n3n2)CCC4)c2ccc(F)cc2)cc1. The second-order valence-corrected chi connectivity index (χ2v) is 10.9. The third kappa shape index (κ3) is 5.53. The van der Waals surface area contributed by atoms with E-state index in [1.807, 2.05) is 0 Å². The van der Waals surface area contributed by atoms with Crippen molar-refractivity contribution in [3.63, 3.8) is 0 Å². The number of anilines is 1. The number of benzene rings is 2. The van der Waals surface area contributed by atoms with Gasteiger partial charge in [-0.2, -0.15) is 18.3 Å². The standard InChI is InChI=1S/C31H29F4N5O3/c1-43-22-15-9-18(10-16-22)27(29(41)36-20-5-2-3-6-20)39(21-13-11-19(32)12-14-21)30(42)25-17-26-37-24-8-4-7-23(24)28(31(33,34)35)40(26)38-25/h9-17,20,27H,2-8H2,1H3,(H,36,41). The van der Waals surface area contributed by atoms with Crippen molar-refractivity contribution in [1.29, 1.82) is 0 Å². The van der Waals surface area contributed by atoms with Gasteiger partial charge >= 0.3 is 6.18 Å². The van der Waals surface area contributed by atoms with Crippen LogP contribution in [0.25, 0.3) is 5.65 Å². The van der Waals surface area contributed by atoms with Crippen LogP contribution in [-0.4, -0.2) is 39.6 Å². The Bertz CT molecular complexity index is 1660. The quantitative estimate of drug-likeness (QED) is 0.272. The third-order valence-electron chi connectivity index (χ3n) is 8.08. The number of aryl methyl sites for hydroxylation is 1. The first kappa shape index (κ1) is 28.6. The van der Waals surface area contributed by atoms with Gasteiger partial charge in [-0.05, 0) is 74.1 Å². The summed E-state index contributed by atoms with van der Waals surface area (Å²) in [5.41, 5.74) is -0.415. The van der Waals surface area contributed by atoms with Crippen molar-refractivity contribution < 1.29 is 31.9 Å². The van der Waals surface area contributed by atoms with E-state index < -0.39 is 35.5 Å². The van der Waals surface area contributed by atoms with Gasteiger partial charge in [-0.3, -0.25) is 14.5 Å². The van der Waals surface area contributed by atoms with Gasteiger partial charge in [0.1, 0.15) is 17.6 Å². The molecule has 1 atom stereocenters. The summed E-state index contributed by atoms with van der Waals surface area (Å²) in [7, 11) is 1.50. The van der Waals surface area contributed by atoms with Crippen LogP contribution in [0, 0.1) is 5.82 Å². The number of hydrogen-bond acceptors (Lipinski definition) is 5. The Kier molecular flexibility index (Phi) is 7.53. The van der Waals surface area contributed by atoms with E-state index in [1.165, 1.54) is 25.3 Å². The second kappa shape index (κ2) is 11.3. The van der Waals surface area contributed by atoms with Crippen LogP contribution in [0.2, 0.25) is 0 Å². The molecule has 2 aromatic heterocycles. The molecule has 0 spiro atoms. The van der Waals surface area contributed by atoms with Gasteiger partial charge in [-0.1, -0.05) is 25.0 Å². The van der Waals surface area contributed by atoms with E-state index >= 15 is 0 Å². The van der Waals surface area contributed by atoms with Crippen molar-refractivity contribution in [2.45, 2.75) is 63.2 Å². The maximum atomic E-state index is 14.3. The molecule has 2 aliphatic rings. The van der Waals surface area contributed by atoms with E-state index in [-0.39, 0.29) is 35.1 Å². The average Bonchev–Trinajstić information content (AvgIpc) is 3.75. The van der Waals surface area contributed by atoms with Crippen LogP contribution in [0.3, 0.4) is 0 Å². The maximum absolute atomic E-state index is 14.3. The molecule has 2 amide bonds. The molecule has 1 fully saturated rings. The summed E-state index contributed by atoms with van der Waals surface area (Å²) in [5.74, 6) is -1.36. The Labute approximate surface area is 244 Å². The largest absolute Gasteiger partial charge is 0.497 e. The first-order valence-corrected chi connectivity index (χ1v) is 14.2. The molecule has 12 heteroatoms. The van der Waals surface area contributed by atoms with Crippen LogP contribution in [0.1, 0.15) is 71.1 Å². The van der Waals surface area contributed by atoms with E-state index in [0.29, 0.717) is 34.4 Å². The highest BCUT2D eigenvalue weighted by Gasteiger charge is 2.41. The van der Waals surface area contributed by atoms with Crippen molar-refractivity contribution in [3.8, 4) is 5.75 Å². The molecule has 224 valence electrons. The third-order valence-corrected chi connectivity index (χ3v) is 8.08. The number of carbonyl (C=O) groups excluding carboxylic acids is 2.